The van der Waals surface area contributed by atoms with Gasteiger partial charge < -0.3 is 19.1 Å². The number of benzene rings is 1. The normalized spacial score (nSPS) is 11.9. The van der Waals surface area contributed by atoms with E-state index in [4.69, 9.17) is 8.83 Å². The summed E-state index contributed by atoms with van der Waals surface area (Å²) < 4.78 is 12.4. The zero-order valence-corrected chi connectivity index (χ0v) is 18.7. The highest BCUT2D eigenvalue weighted by atomic mass is 16.3. The Morgan fingerprint density at radius 1 is 0.943 bits per heavy atom. The molecule has 0 aliphatic rings. The quantitative estimate of drug-likeness (QED) is 0.352. The van der Waals surface area contributed by atoms with Crippen LogP contribution in [0.3, 0.4) is 0 Å². The fourth-order valence-electron chi connectivity index (χ4n) is 3.85. The summed E-state index contributed by atoms with van der Waals surface area (Å²) in [6.45, 7) is 0.164. The molecule has 1 atom stereocenters. The Hall–Kier alpha value is -4.73. The molecule has 4 heterocycles. The highest BCUT2D eigenvalue weighted by molar-refractivity contribution is 5.89. The number of hydrogen-bond donors (Lipinski definition) is 1. The molecule has 5 aromatic rings. The number of rotatable bonds is 9. The lowest BCUT2D eigenvalue weighted by Crippen LogP contribution is -2.44. The van der Waals surface area contributed by atoms with E-state index < -0.39 is 6.04 Å². The molecule has 10 heteroatoms. The number of furan rings is 2. The van der Waals surface area contributed by atoms with Gasteiger partial charge in [-0.1, -0.05) is 17.3 Å². The van der Waals surface area contributed by atoms with Crippen LogP contribution in [-0.2, 0) is 29.2 Å². The molecule has 0 aliphatic carbocycles. The molecule has 1 unspecified atom stereocenters. The molecular formula is C25H22N6O4. The molecule has 0 bridgehead atoms. The summed E-state index contributed by atoms with van der Waals surface area (Å²) in [5.41, 5.74) is 2.02. The maximum atomic E-state index is 13.7. The Bertz CT molecular complexity index is 1400. The van der Waals surface area contributed by atoms with Crippen LogP contribution in [-0.4, -0.2) is 36.7 Å². The second kappa shape index (κ2) is 10.0. The largest absolute Gasteiger partial charge is 0.467 e. The monoisotopic (exact) mass is 470 g/mol. The smallest absolute Gasteiger partial charge is 0.247 e. The zero-order valence-electron chi connectivity index (χ0n) is 18.7. The van der Waals surface area contributed by atoms with Gasteiger partial charge in [-0.15, -0.1) is 5.10 Å². The van der Waals surface area contributed by atoms with Crippen LogP contribution in [0.15, 0.2) is 94.4 Å². The third kappa shape index (κ3) is 4.96. The van der Waals surface area contributed by atoms with Crippen molar-refractivity contribution >= 4 is 22.8 Å². The second-order valence-corrected chi connectivity index (χ2v) is 7.82. The lowest BCUT2D eigenvalue weighted by Gasteiger charge is -2.30. The van der Waals surface area contributed by atoms with Gasteiger partial charge in [0.1, 0.15) is 29.6 Å². The Morgan fingerprint density at radius 2 is 1.69 bits per heavy atom. The predicted octanol–water partition coefficient (Wildman–Crippen LogP) is 3.10. The van der Waals surface area contributed by atoms with Crippen LogP contribution in [0, 0.1) is 0 Å². The molecule has 0 fully saturated rings. The SMILES string of the molecule is O=C(NCc1ccco1)C(c1ccncc1)N(Cc1ccco1)C(=O)Cn1nnc2ccccc21. The molecule has 35 heavy (non-hydrogen) atoms. The highest BCUT2D eigenvalue weighted by Gasteiger charge is 2.32. The van der Waals surface area contributed by atoms with Crippen LogP contribution in [0.4, 0.5) is 0 Å². The number of pyridine rings is 1. The standard InChI is InChI=1S/C25H22N6O4/c32-23(17-31-22-8-2-1-7-21(22)28-29-31)30(16-20-6-4-14-35-20)24(18-9-11-26-12-10-18)25(33)27-15-19-5-3-13-34-19/h1-14,24H,15-17H2,(H,27,33). The van der Waals surface area contributed by atoms with Crippen LogP contribution < -0.4 is 5.32 Å². The summed E-state index contributed by atoms with van der Waals surface area (Å²) in [4.78, 5) is 32.7. The van der Waals surface area contributed by atoms with Crippen molar-refractivity contribution in [1.29, 1.82) is 0 Å². The molecule has 0 saturated carbocycles. The van der Waals surface area contributed by atoms with Gasteiger partial charge in [-0.05, 0) is 54.1 Å². The topological polar surface area (TPSA) is 119 Å². The van der Waals surface area contributed by atoms with Gasteiger partial charge in [0.05, 0.1) is 31.1 Å². The summed E-state index contributed by atoms with van der Waals surface area (Å²) in [6.07, 6.45) is 6.24. The molecule has 0 saturated heterocycles. The van der Waals surface area contributed by atoms with E-state index in [1.807, 2.05) is 24.3 Å². The van der Waals surface area contributed by atoms with E-state index in [-0.39, 0.29) is 31.4 Å². The Balaban J connectivity index is 1.48. The third-order valence-electron chi connectivity index (χ3n) is 5.53. The van der Waals surface area contributed by atoms with E-state index in [9.17, 15) is 9.59 Å². The first-order valence-corrected chi connectivity index (χ1v) is 11.0. The van der Waals surface area contributed by atoms with Gasteiger partial charge in [0.15, 0.2) is 0 Å². The molecule has 1 aromatic carbocycles. The van der Waals surface area contributed by atoms with Crippen molar-refractivity contribution < 1.29 is 18.4 Å². The number of nitrogens with zero attached hydrogens (tertiary/aromatic N) is 5. The highest BCUT2D eigenvalue weighted by Crippen LogP contribution is 2.25. The molecule has 5 rings (SSSR count). The molecule has 1 N–H and O–H groups in total. The minimum Gasteiger partial charge on any atom is -0.467 e. The Kier molecular flexibility index (Phi) is 6.33. The first-order chi connectivity index (χ1) is 17.2. The first kappa shape index (κ1) is 22.1. The van der Waals surface area contributed by atoms with E-state index >= 15 is 0 Å². The van der Waals surface area contributed by atoms with E-state index in [0.29, 0.717) is 22.6 Å². The number of carbonyl (C=O) groups excluding carboxylic acids is 2. The summed E-state index contributed by atoms with van der Waals surface area (Å²) in [5.74, 6) is 0.451. The molecule has 2 amide bonds. The Labute approximate surface area is 200 Å². The summed E-state index contributed by atoms with van der Waals surface area (Å²) in [6, 6.07) is 16.9. The number of carbonyl (C=O) groups is 2. The van der Waals surface area contributed by atoms with Crippen LogP contribution in [0.1, 0.15) is 23.1 Å². The summed E-state index contributed by atoms with van der Waals surface area (Å²) in [5, 5.41) is 11.1. The first-order valence-electron chi connectivity index (χ1n) is 11.0. The molecule has 0 aliphatic heterocycles. The van der Waals surface area contributed by atoms with Gasteiger partial charge >= 0.3 is 0 Å². The van der Waals surface area contributed by atoms with Crippen molar-refractivity contribution in [2.75, 3.05) is 0 Å². The van der Waals surface area contributed by atoms with Crippen LogP contribution >= 0.6 is 0 Å². The lowest BCUT2D eigenvalue weighted by molar-refractivity contribution is -0.142. The fraction of sp³-hybridized carbons (Fsp3) is 0.160. The van der Waals surface area contributed by atoms with E-state index in [1.54, 1.807) is 48.8 Å². The van der Waals surface area contributed by atoms with Gasteiger partial charge in [-0.3, -0.25) is 14.6 Å². The van der Waals surface area contributed by atoms with E-state index in [2.05, 4.69) is 20.6 Å². The molecule has 176 valence electrons. The van der Waals surface area contributed by atoms with E-state index in [1.165, 1.54) is 22.1 Å². The van der Waals surface area contributed by atoms with Crippen LogP contribution in [0.25, 0.3) is 11.0 Å². The van der Waals surface area contributed by atoms with Crippen molar-refractivity contribution in [2.24, 2.45) is 0 Å². The molecule has 4 aromatic heterocycles. The van der Waals surface area contributed by atoms with Gasteiger partial charge in [-0.2, -0.15) is 0 Å². The Morgan fingerprint density at radius 3 is 2.43 bits per heavy atom. The number of para-hydroxylation sites is 1. The second-order valence-electron chi connectivity index (χ2n) is 7.82. The van der Waals surface area contributed by atoms with Crippen molar-refractivity contribution in [1.82, 2.24) is 30.2 Å². The van der Waals surface area contributed by atoms with Gasteiger partial charge in [0.2, 0.25) is 11.8 Å². The average molecular weight is 470 g/mol. The third-order valence-corrected chi connectivity index (χ3v) is 5.53. The molecular weight excluding hydrogens is 448 g/mol. The van der Waals surface area contributed by atoms with Crippen molar-refractivity contribution in [3.05, 3.63) is 103 Å². The van der Waals surface area contributed by atoms with Gasteiger partial charge in [-0.25, -0.2) is 4.68 Å². The number of amides is 2. The lowest BCUT2D eigenvalue weighted by atomic mass is 10.0. The number of nitrogens with one attached hydrogen (secondary N) is 1. The summed E-state index contributed by atoms with van der Waals surface area (Å²) in [7, 11) is 0. The van der Waals surface area contributed by atoms with Crippen molar-refractivity contribution in [2.45, 2.75) is 25.7 Å². The van der Waals surface area contributed by atoms with Crippen LogP contribution in [0.5, 0.6) is 0 Å². The predicted molar refractivity (Wildman–Crippen MR) is 124 cm³/mol. The maximum Gasteiger partial charge on any atom is 0.247 e. The average Bonchev–Trinajstić information content (AvgIpc) is 3.66. The minimum atomic E-state index is -0.944. The van der Waals surface area contributed by atoms with Crippen molar-refractivity contribution in [3.63, 3.8) is 0 Å². The molecule has 0 spiro atoms. The molecule has 10 nitrogen and oxygen atoms in total. The number of fused-ring (bicyclic) bond motifs is 1. The summed E-state index contributed by atoms with van der Waals surface area (Å²) >= 11 is 0. The zero-order chi connectivity index (χ0) is 24.0. The number of hydrogen-bond acceptors (Lipinski definition) is 7. The van der Waals surface area contributed by atoms with Crippen LogP contribution in [0.2, 0.25) is 0 Å². The number of aromatic nitrogens is 4. The van der Waals surface area contributed by atoms with Gasteiger partial charge in [0, 0.05) is 12.4 Å². The minimum absolute atomic E-state index is 0.0830. The molecule has 0 radical (unpaired) electrons. The maximum absolute atomic E-state index is 13.7. The fourth-order valence-corrected chi connectivity index (χ4v) is 3.85. The van der Waals surface area contributed by atoms with Gasteiger partial charge in [0.25, 0.3) is 0 Å². The van der Waals surface area contributed by atoms with Crippen molar-refractivity contribution in [3.8, 4) is 0 Å². The van der Waals surface area contributed by atoms with E-state index in [0.717, 1.165) is 5.52 Å².